The van der Waals surface area contributed by atoms with Crippen LogP contribution in [-0.2, 0) is 14.2 Å². The normalized spacial score (nSPS) is 11.7. The summed E-state index contributed by atoms with van der Waals surface area (Å²) in [7, 11) is 2.12. The average Bonchev–Trinajstić information content (AvgIpc) is 2.44. The van der Waals surface area contributed by atoms with E-state index in [-0.39, 0.29) is 0 Å². The van der Waals surface area contributed by atoms with Gasteiger partial charge in [0.05, 0.1) is 33.0 Å². The Bertz CT molecular complexity index is 204. The number of rotatable bonds is 16. The van der Waals surface area contributed by atoms with Crippen molar-refractivity contribution in [2.75, 3.05) is 66.3 Å². The molecule has 0 heterocycles. The summed E-state index contributed by atoms with van der Waals surface area (Å²) in [4.78, 5) is 2.28. The molecule has 0 fully saturated rings. The molecule has 0 saturated heterocycles. The molecule has 0 aliphatic carbocycles. The van der Waals surface area contributed by atoms with Gasteiger partial charge in [-0.2, -0.15) is 0 Å². The summed E-state index contributed by atoms with van der Waals surface area (Å²) in [6.07, 6.45) is 2.31. The van der Waals surface area contributed by atoms with Gasteiger partial charge < -0.3 is 24.4 Å². The van der Waals surface area contributed by atoms with Gasteiger partial charge in [0, 0.05) is 32.3 Å². The third-order valence-electron chi connectivity index (χ3n) is 3.05. The molecule has 0 aliphatic rings. The van der Waals surface area contributed by atoms with Crippen LogP contribution in [0.3, 0.4) is 0 Å². The fourth-order valence-corrected chi connectivity index (χ4v) is 1.66. The maximum absolute atomic E-state index is 5.55. The number of likely N-dealkylation sites (N-methyl/N-ethyl adjacent to an activating group) is 1. The third-order valence-corrected chi connectivity index (χ3v) is 3.05. The van der Waals surface area contributed by atoms with Crippen LogP contribution in [0, 0.1) is 0 Å². The van der Waals surface area contributed by atoms with E-state index < -0.39 is 0 Å². The molecule has 0 unspecified atom stereocenters. The lowest BCUT2D eigenvalue weighted by molar-refractivity contribution is 0.0112. The Labute approximate surface area is 131 Å². The predicted octanol–water partition coefficient (Wildman–Crippen LogP) is 1.77. The van der Waals surface area contributed by atoms with Gasteiger partial charge in [0.2, 0.25) is 0 Å². The number of nitrogens with one attached hydrogen (secondary N) is 1. The van der Waals surface area contributed by atoms with Crippen LogP contribution >= 0.6 is 0 Å². The molecule has 0 aromatic rings. The van der Waals surface area contributed by atoms with Gasteiger partial charge in [-0.1, -0.05) is 27.2 Å². The van der Waals surface area contributed by atoms with Crippen LogP contribution in [0.15, 0.2) is 0 Å². The summed E-state index contributed by atoms with van der Waals surface area (Å²) in [5, 5.41) is 3.40. The van der Waals surface area contributed by atoms with E-state index >= 15 is 0 Å². The average molecular weight is 304 g/mol. The van der Waals surface area contributed by atoms with Gasteiger partial charge in [0.25, 0.3) is 0 Å². The van der Waals surface area contributed by atoms with E-state index in [0.717, 1.165) is 39.3 Å². The molecule has 0 rings (SSSR count). The molecule has 0 aromatic carbocycles. The molecule has 128 valence electrons. The first-order chi connectivity index (χ1) is 10.2. The van der Waals surface area contributed by atoms with Crippen molar-refractivity contribution in [2.45, 2.75) is 39.7 Å². The maximum Gasteiger partial charge on any atom is 0.0701 e. The third kappa shape index (κ3) is 17.7. The highest BCUT2D eigenvalue weighted by Gasteiger charge is 1.99. The lowest BCUT2D eigenvalue weighted by Crippen LogP contribution is -2.34. The van der Waals surface area contributed by atoms with Crippen molar-refractivity contribution in [3.05, 3.63) is 0 Å². The minimum atomic E-state index is 0.553. The van der Waals surface area contributed by atoms with Crippen molar-refractivity contribution in [1.82, 2.24) is 10.2 Å². The van der Waals surface area contributed by atoms with Gasteiger partial charge in [-0.3, -0.25) is 0 Å². The van der Waals surface area contributed by atoms with E-state index in [4.69, 9.17) is 14.2 Å². The summed E-state index contributed by atoms with van der Waals surface area (Å²) in [5.41, 5.74) is 0. The van der Waals surface area contributed by atoms with Gasteiger partial charge in [-0.25, -0.2) is 0 Å². The number of ether oxygens (including phenoxy) is 3. The van der Waals surface area contributed by atoms with Gasteiger partial charge in [-0.15, -0.1) is 0 Å². The molecule has 1 N–H and O–H groups in total. The topological polar surface area (TPSA) is 43.0 Å². The van der Waals surface area contributed by atoms with Gasteiger partial charge in [-0.05, 0) is 13.5 Å². The zero-order chi connectivity index (χ0) is 15.8. The van der Waals surface area contributed by atoms with Crippen molar-refractivity contribution < 1.29 is 14.2 Å². The number of nitrogens with zero attached hydrogens (tertiary/aromatic N) is 1. The van der Waals surface area contributed by atoms with Crippen molar-refractivity contribution in [3.63, 3.8) is 0 Å². The standard InChI is InChI=1S/C16H36N2O3/c1-5-6-10-19-12-14-21-15-13-20-11-9-18(4)8-7-17-16(2)3/h16-17H,5-15H2,1-4H3. The fourth-order valence-electron chi connectivity index (χ4n) is 1.66. The van der Waals surface area contributed by atoms with E-state index in [0.29, 0.717) is 32.5 Å². The molecule has 0 aliphatic heterocycles. The molecule has 5 nitrogen and oxygen atoms in total. The summed E-state index contributed by atoms with van der Waals surface area (Å²) in [6.45, 7) is 13.8. The largest absolute Gasteiger partial charge is 0.379 e. The SMILES string of the molecule is CCCCOCCOCCOCCN(C)CCNC(C)C. The Morgan fingerprint density at radius 3 is 2.00 bits per heavy atom. The molecule has 0 aromatic heterocycles. The second-order valence-electron chi connectivity index (χ2n) is 5.60. The first-order valence-corrected chi connectivity index (χ1v) is 8.32. The Kier molecular flexibility index (Phi) is 16.0. The molecule has 0 spiro atoms. The first kappa shape index (κ1) is 20.8. The fraction of sp³-hybridized carbons (Fsp3) is 1.00. The molecule has 0 saturated carbocycles. The van der Waals surface area contributed by atoms with Crippen LogP contribution in [0.25, 0.3) is 0 Å². The Balaban J connectivity index is 3.10. The quantitative estimate of drug-likeness (QED) is 0.440. The van der Waals surface area contributed by atoms with Crippen LogP contribution in [0.4, 0.5) is 0 Å². The molecule has 0 bridgehead atoms. The second-order valence-corrected chi connectivity index (χ2v) is 5.60. The highest BCUT2D eigenvalue weighted by molar-refractivity contribution is 4.57. The molecule has 0 radical (unpaired) electrons. The predicted molar refractivity (Wildman–Crippen MR) is 88.0 cm³/mol. The van der Waals surface area contributed by atoms with Gasteiger partial charge in [0.1, 0.15) is 0 Å². The molecule has 5 heteroatoms. The monoisotopic (exact) mass is 304 g/mol. The van der Waals surface area contributed by atoms with Crippen LogP contribution < -0.4 is 5.32 Å². The van der Waals surface area contributed by atoms with Crippen LogP contribution in [0.2, 0.25) is 0 Å². The molecule has 0 atom stereocenters. The van der Waals surface area contributed by atoms with Crippen LogP contribution in [0.5, 0.6) is 0 Å². The highest BCUT2D eigenvalue weighted by atomic mass is 16.5. The first-order valence-electron chi connectivity index (χ1n) is 8.32. The number of hydrogen-bond acceptors (Lipinski definition) is 5. The molecule has 0 amide bonds. The lowest BCUT2D eigenvalue weighted by Gasteiger charge is -2.17. The van der Waals surface area contributed by atoms with Crippen molar-refractivity contribution >= 4 is 0 Å². The summed E-state index contributed by atoms with van der Waals surface area (Å²) in [5.74, 6) is 0. The van der Waals surface area contributed by atoms with Crippen molar-refractivity contribution in [1.29, 1.82) is 0 Å². The van der Waals surface area contributed by atoms with Crippen molar-refractivity contribution in [2.24, 2.45) is 0 Å². The molecular formula is C16H36N2O3. The van der Waals surface area contributed by atoms with E-state index in [1.807, 2.05) is 0 Å². The van der Waals surface area contributed by atoms with Crippen LogP contribution in [0.1, 0.15) is 33.6 Å². The Morgan fingerprint density at radius 2 is 1.43 bits per heavy atom. The van der Waals surface area contributed by atoms with Crippen LogP contribution in [-0.4, -0.2) is 77.3 Å². The summed E-state index contributed by atoms with van der Waals surface area (Å²) in [6, 6.07) is 0.553. The van der Waals surface area contributed by atoms with Gasteiger partial charge >= 0.3 is 0 Å². The van der Waals surface area contributed by atoms with Gasteiger partial charge in [0.15, 0.2) is 0 Å². The Hall–Kier alpha value is -0.200. The minimum absolute atomic E-state index is 0.553. The highest BCUT2D eigenvalue weighted by Crippen LogP contribution is 1.88. The second kappa shape index (κ2) is 16.2. The minimum Gasteiger partial charge on any atom is -0.379 e. The molecule has 21 heavy (non-hydrogen) atoms. The smallest absolute Gasteiger partial charge is 0.0701 e. The van der Waals surface area contributed by atoms with E-state index in [1.54, 1.807) is 0 Å². The molecular weight excluding hydrogens is 268 g/mol. The maximum atomic E-state index is 5.55. The number of unbranched alkanes of at least 4 members (excludes halogenated alkanes) is 1. The summed E-state index contributed by atoms with van der Waals surface area (Å²) < 4.78 is 16.4. The van der Waals surface area contributed by atoms with E-state index in [2.05, 4.69) is 38.0 Å². The van der Waals surface area contributed by atoms with Crippen molar-refractivity contribution in [3.8, 4) is 0 Å². The van der Waals surface area contributed by atoms with E-state index in [9.17, 15) is 0 Å². The Morgan fingerprint density at radius 1 is 0.857 bits per heavy atom. The number of hydrogen-bond donors (Lipinski definition) is 1. The zero-order valence-electron chi connectivity index (χ0n) is 14.5. The zero-order valence-corrected chi connectivity index (χ0v) is 14.5. The lowest BCUT2D eigenvalue weighted by atomic mass is 10.4. The van der Waals surface area contributed by atoms with E-state index in [1.165, 1.54) is 6.42 Å². The summed E-state index contributed by atoms with van der Waals surface area (Å²) >= 11 is 0.